The molecule has 0 saturated heterocycles. The van der Waals surface area contributed by atoms with Crippen LogP contribution in [0.25, 0.3) is 0 Å². The van der Waals surface area contributed by atoms with Gasteiger partial charge in [0.25, 0.3) is 0 Å². The molecule has 1 rings (SSSR count). The van der Waals surface area contributed by atoms with Gasteiger partial charge in [-0.2, -0.15) is 0 Å². The highest BCUT2D eigenvalue weighted by Crippen LogP contribution is 2.19. The lowest BCUT2D eigenvalue weighted by Crippen LogP contribution is -2.53. The van der Waals surface area contributed by atoms with Gasteiger partial charge in [0.2, 0.25) is 5.91 Å². The molecule has 0 aliphatic heterocycles. The first kappa shape index (κ1) is 16.6. The number of carboxylic acids is 1. The Morgan fingerprint density at radius 2 is 1.80 bits per heavy atom. The number of nitrogens with one attached hydrogen (secondary N) is 1. The molecule has 0 aliphatic carbocycles. The fourth-order valence-electron chi connectivity index (χ4n) is 1.89. The number of thioether (sulfide) groups is 1. The van der Waals surface area contributed by atoms with Gasteiger partial charge < -0.3 is 10.4 Å². The fourth-order valence-corrected chi connectivity index (χ4v) is 2.76. The molecule has 110 valence electrons. The Bertz CT molecular complexity index is 444. The zero-order valence-corrected chi connectivity index (χ0v) is 12.7. The van der Waals surface area contributed by atoms with E-state index < -0.39 is 11.5 Å². The summed E-state index contributed by atoms with van der Waals surface area (Å²) in [7, 11) is 0. The van der Waals surface area contributed by atoms with Gasteiger partial charge in [-0.15, -0.1) is 11.8 Å². The van der Waals surface area contributed by atoms with E-state index in [4.69, 9.17) is 0 Å². The predicted octanol–water partition coefficient (Wildman–Crippen LogP) is 2.93. The average Bonchev–Trinajstić information content (AvgIpc) is 2.45. The molecule has 0 fully saturated rings. The Morgan fingerprint density at radius 1 is 1.20 bits per heavy atom. The first-order chi connectivity index (χ1) is 9.54. The molecule has 20 heavy (non-hydrogen) atoms. The summed E-state index contributed by atoms with van der Waals surface area (Å²) in [5.41, 5.74) is -1.13. The largest absolute Gasteiger partial charge is 0.480 e. The van der Waals surface area contributed by atoms with Crippen molar-refractivity contribution in [3.8, 4) is 0 Å². The van der Waals surface area contributed by atoms with Gasteiger partial charge in [0.1, 0.15) is 5.54 Å². The summed E-state index contributed by atoms with van der Waals surface area (Å²) < 4.78 is 0. The monoisotopic (exact) mass is 295 g/mol. The van der Waals surface area contributed by atoms with Crippen molar-refractivity contribution in [3.63, 3.8) is 0 Å². The van der Waals surface area contributed by atoms with Crippen LogP contribution < -0.4 is 5.32 Å². The van der Waals surface area contributed by atoms with Crippen LogP contribution in [0.3, 0.4) is 0 Å². The second-order valence-electron chi connectivity index (χ2n) is 4.55. The first-order valence-corrected chi connectivity index (χ1v) is 7.75. The average molecular weight is 295 g/mol. The smallest absolute Gasteiger partial charge is 0.329 e. The minimum Gasteiger partial charge on any atom is -0.480 e. The van der Waals surface area contributed by atoms with Gasteiger partial charge >= 0.3 is 5.97 Å². The molecule has 1 aromatic rings. The second-order valence-corrected chi connectivity index (χ2v) is 5.72. The summed E-state index contributed by atoms with van der Waals surface area (Å²) >= 11 is 1.59. The summed E-state index contributed by atoms with van der Waals surface area (Å²) in [6.07, 6.45) is 1.08. The minimum atomic E-state index is -1.13. The molecule has 2 N–H and O–H groups in total. The van der Waals surface area contributed by atoms with Crippen molar-refractivity contribution in [1.82, 2.24) is 5.32 Å². The van der Waals surface area contributed by atoms with Crippen molar-refractivity contribution in [2.75, 3.05) is 5.75 Å². The topological polar surface area (TPSA) is 66.4 Å². The molecule has 4 nitrogen and oxygen atoms in total. The maximum atomic E-state index is 11.9. The molecule has 0 atom stereocenters. The van der Waals surface area contributed by atoms with Crippen molar-refractivity contribution in [1.29, 1.82) is 0 Å². The van der Waals surface area contributed by atoms with E-state index in [0.29, 0.717) is 25.0 Å². The van der Waals surface area contributed by atoms with Crippen molar-refractivity contribution in [2.45, 2.75) is 43.5 Å². The Morgan fingerprint density at radius 3 is 2.30 bits per heavy atom. The number of hydrogen-bond acceptors (Lipinski definition) is 3. The molecule has 0 unspecified atom stereocenters. The summed E-state index contributed by atoms with van der Waals surface area (Å²) in [5, 5.41) is 11.9. The lowest BCUT2D eigenvalue weighted by atomic mass is 9.93. The van der Waals surface area contributed by atoms with Gasteiger partial charge in [-0.25, -0.2) is 4.79 Å². The maximum absolute atomic E-state index is 11.9. The SMILES string of the molecule is CCC(CC)(NC(=O)CCSc1ccccc1)C(=O)O. The molecule has 0 spiro atoms. The van der Waals surface area contributed by atoms with Crippen molar-refractivity contribution >= 4 is 23.6 Å². The van der Waals surface area contributed by atoms with Crippen LogP contribution in [0.15, 0.2) is 35.2 Å². The molecule has 0 aliphatic rings. The minimum absolute atomic E-state index is 0.209. The van der Waals surface area contributed by atoms with Gasteiger partial charge in [-0.05, 0) is 25.0 Å². The normalized spacial score (nSPS) is 11.1. The van der Waals surface area contributed by atoms with Gasteiger partial charge in [0, 0.05) is 17.1 Å². The van der Waals surface area contributed by atoms with Crippen LogP contribution in [0, 0.1) is 0 Å². The second kappa shape index (κ2) is 7.94. The number of carbonyl (C=O) groups is 2. The molecular weight excluding hydrogens is 274 g/mol. The molecule has 0 radical (unpaired) electrons. The van der Waals surface area contributed by atoms with Crippen molar-refractivity contribution in [3.05, 3.63) is 30.3 Å². The zero-order chi connectivity index (χ0) is 15.0. The van der Waals surface area contributed by atoms with Crippen molar-refractivity contribution < 1.29 is 14.7 Å². The van der Waals surface area contributed by atoms with Crippen LogP contribution in [0.1, 0.15) is 33.1 Å². The predicted molar refractivity (Wildman–Crippen MR) is 80.9 cm³/mol. The molecule has 0 aromatic heterocycles. The lowest BCUT2D eigenvalue weighted by molar-refractivity contribution is -0.148. The molecule has 0 bridgehead atoms. The first-order valence-electron chi connectivity index (χ1n) is 6.76. The van der Waals surface area contributed by atoms with Gasteiger partial charge in [0.15, 0.2) is 0 Å². The van der Waals surface area contributed by atoms with E-state index in [2.05, 4.69) is 5.32 Å². The van der Waals surface area contributed by atoms with Crippen LogP contribution in [0.2, 0.25) is 0 Å². The van der Waals surface area contributed by atoms with E-state index in [1.807, 2.05) is 30.3 Å². The van der Waals surface area contributed by atoms with E-state index in [0.717, 1.165) is 4.90 Å². The number of rotatable bonds is 8. The van der Waals surface area contributed by atoms with Crippen LogP contribution in [0.5, 0.6) is 0 Å². The summed E-state index contributed by atoms with van der Waals surface area (Å²) in [4.78, 5) is 24.3. The zero-order valence-electron chi connectivity index (χ0n) is 11.9. The fraction of sp³-hybridized carbons (Fsp3) is 0.467. The Hall–Kier alpha value is -1.49. The number of carbonyl (C=O) groups excluding carboxylic acids is 1. The Kier molecular flexibility index (Phi) is 6.58. The highest BCUT2D eigenvalue weighted by molar-refractivity contribution is 7.99. The third-order valence-corrected chi connectivity index (χ3v) is 4.35. The maximum Gasteiger partial charge on any atom is 0.329 e. The number of amides is 1. The molecule has 1 aromatic carbocycles. The van der Waals surface area contributed by atoms with E-state index >= 15 is 0 Å². The molecule has 1 amide bonds. The molecule has 0 heterocycles. The molecular formula is C15H21NO3S. The van der Waals surface area contributed by atoms with Crippen LogP contribution in [-0.2, 0) is 9.59 Å². The standard InChI is InChI=1S/C15H21NO3S/c1-3-15(4-2,14(18)19)16-13(17)10-11-20-12-8-6-5-7-9-12/h5-9H,3-4,10-11H2,1-2H3,(H,16,17)(H,18,19). The lowest BCUT2D eigenvalue weighted by Gasteiger charge is -2.28. The summed E-state index contributed by atoms with van der Waals surface area (Å²) in [6, 6.07) is 9.82. The highest BCUT2D eigenvalue weighted by atomic mass is 32.2. The van der Waals surface area contributed by atoms with Crippen LogP contribution in [-0.4, -0.2) is 28.3 Å². The molecule has 0 saturated carbocycles. The van der Waals surface area contributed by atoms with Gasteiger partial charge in [-0.1, -0.05) is 32.0 Å². The number of aliphatic carboxylic acids is 1. The van der Waals surface area contributed by atoms with E-state index in [-0.39, 0.29) is 5.91 Å². The number of hydrogen-bond donors (Lipinski definition) is 2. The Labute approximate surface area is 124 Å². The van der Waals surface area contributed by atoms with Crippen molar-refractivity contribution in [2.24, 2.45) is 0 Å². The van der Waals surface area contributed by atoms with Gasteiger partial charge in [-0.3, -0.25) is 4.79 Å². The van der Waals surface area contributed by atoms with E-state index in [1.165, 1.54) is 0 Å². The third kappa shape index (κ3) is 4.56. The third-order valence-electron chi connectivity index (χ3n) is 3.34. The number of carboxylic acid groups (broad SMARTS) is 1. The summed E-state index contributed by atoms with van der Waals surface area (Å²) in [5.74, 6) is -0.537. The highest BCUT2D eigenvalue weighted by Gasteiger charge is 2.36. The Balaban J connectivity index is 2.45. The summed E-state index contributed by atoms with van der Waals surface area (Å²) in [6.45, 7) is 3.55. The van der Waals surface area contributed by atoms with Gasteiger partial charge in [0.05, 0.1) is 0 Å². The number of benzene rings is 1. The van der Waals surface area contributed by atoms with E-state index in [9.17, 15) is 14.7 Å². The van der Waals surface area contributed by atoms with Crippen LogP contribution >= 0.6 is 11.8 Å². The molecule has 5 heteroatoms. The van der Waals surface area contributed by atoms with E-state index in [1.54, 1.807) is 25.6 Å². The quantitative estimate of drug-likeness (QED) is 0.724. The van der Waals surface area contributed by atoms with Crippen LogP contribution in [0.4, 0.5) is 0 Å².